The van der Waals surface area contributed by atoms with Gasteiger partial charge in [0.2, 0.25) is 11.8 Å². The summed E-state index contributed by atoms with van der Waals surface area (Å²) in [5.74, 6) is 0.202. The second kappa shape index (κ2) is 7.92. The summed E-state index contributed by atoms with van der Waals surface area (Å²) in [6, 6.07) is 7.35. The highest BCUT2D eigenvalue weighted by Gasteiger charge is 2.34. The summed E-state index contributed by atoms with van der Waals surface area (Å²) in [6.45, 7) is 3.83. The number of rotatable bonds is 6. The highest BCUT2D eigenvalue weighted by atomic mass is 16.6. The van der Waals surface area contributed by atoms with Crippen molar-refractivity contribution in [2.75, 3.05) is 20.3 Å². The van der Waals surface area contributed by atoms with Gasteiger partial charge in [-0.1, -0.05) is 6.07 Å². The van der Waals surface area contributed by atoms with Crippen molar-refractivity contribution >= 4 is 5.97 Å². The van der Waals surface area contributed by atoms with E-state index in [1.807, 2.05) is 13.8 Å². The third-order valence-corrected chi connectivity index (χ3v) is 4.30. The molecule has 1 aromatic carbocycles. The first-order valence-electron chi connectivity index (χ1n) is 8.58. The smallest absolute Gasteiger partial charge is 0.343 e. The van der Waals surface area contributed by atoms with Gasteiger partial charge in [0.05, 0.1) is 19.6 Å². The molecule has 0 aliphatic carbocycles. The molecule has 3 rings (SSSR count). The molecule has 0 saturated carbocycles. The number of H-pyrrole nitrogens is 1. The molecule has 2 aromatic rings. The molecule has 1 unspecified atom stereocenters. The highest BCUT2D eigenvalue weighted by Crippen LogP contribution is 2.44. The van der Waals surface area contributed by atoms with Gasteiger partial charge in [-0.25, -0.2) is 4.79 Å². The molecule has 1 aliphatic heterocycles. The lowest BCUT2D eigenvalue weighted by molar-refractivity contribution is -0.142. The Hall–Kier alpha value is -3.67. The van der Waals surface area contributed by atoms with Crippen LogP contribution in [0.3, 0.4) is 0 Å². The first kappa shape index (κ1) is 19.1. The Morgan fingerprint density at radius 3 is 2.86 bits per heavy atom. The van der Waals surface area contributed by atoms with Crippen LogP contribution >= 0.6 is 0 Å². The molecular weight excluding hydrogens is 364 g/mol. The van der Waals surface area contributed by atoms with Crippen molar-refractivity contribution < 1.29 is 23.7 Å². The number of allylic oxidation sites excluding steroid dienone is 1. The first-order valence-corrected chi connectivity index (χ1v) is 8.58. The molecule has 3 N–H and O–H groups in total. The molecule has 1 atom stereocenters. The minimum absolute atomic E-state index is 0.00970. The molecule has 146 valence electrons. The summed E-state index contributed by atoms with van der Waals surface area (Å²) in [5, 5.41) is 16.6. The molecule has 0 radical (unpaired) electrons. The van der Waals surface area contributed by atoms with E-state index in [1.165, 1.54) is 7.11 Å². The van der Waals surface area contributed by atoms with Gasteiger partial charge in [-0.15, -0.1) is 5.10 Å². The molecule has 0 saturated heterocycles. The summed E-state index contributed by atoms with van der Waals surface area (Å²) >= 11 is 0. The lowest BCUT2D eigenvalue weighted by atomic mass is 9.84. The lowest BCUT2D eigenvalue weighted by Crippen LogP contribution is -2.21. The zero-order valence-corrected chi connectivity index (χ0v) is 15.7. The minimum atomic E-state index is -0.503. The monoisotopic (exact) mass is 384 g/mol. The van der Waals surface area contributed by atoms with Gasteiger partial charge in [0.15, 0.2) is 18.1 Å². The SMILES string of the molecule is CCOc1cc(C2C(C#N)=C(N)Oc3n[nH]c(C)c32)ccc1OCC(=O)OC. The number of fused-ring (bicyclic) bond motifs is 1. The number of methoxy groups -OCH3 is 1. The standard InChI is InChI=1S/C19H20N4O5/c1-4-26-14-7-11(5-6-13(14)27-9-15(24)25-3)17-12(8-20)18(21)28-19-16(17)10(2)22-23-19/h5-7,17H,4,9,21H2,1-3H3,(H,22,23). The van der Waals surface area contributed by atoms with Crippen molar-refractivity contribution in [3.63, 3.8) is 0 Å². The van der Waals surface area contributed by atoms with Crippen molar-refractivity contribution in [3.8, 4) is 23.4 Å². The number of benzene rings is 1. The maximum atomic E-state index is 11.4. The largest absolute Gasteiger partial charge is 0.490 e. The molecule has 0 amide bonds. The number of aromatic amines is 1. The van der Waals surface area contributed by atoms with E-state index in [0.29, 0.717) is 24.0 Å². The molecular formula is C19H20N4O5. The summed E-state index contributed by atoms with van der Waals surface area (Å²) < 4.78 is 21.2. The second-order valence-corrected chi connectivity index (χ2v) is 6.00. The Labute approximate surface area is 161 Å². The highest BCUT2D eigenvalue weighted by molar-refractivity contribution is 5.71. The van der Waals surface area contributed by atoms with Crippen LogP contribution < -0.4 is 19.9 Å². The number of nitrogens with one attached hydrogen (secondary N) is 1. The Morgan fingerprint density at radius 2 is 2.18 bits per heavy atom. The van der Waals surface area contributed by atoms with Crippen LogP contribution in [-0.4, -0.2) is 36.5 Å². The molecule has 1 aliphatic rings. The van der Waals surface area contributed by atoms with Gasteiger partial charge in [0, 0.05) is 11.3 Å². The number of esters is 1. The third-order valence-electron chi connectivity index (χ3n) is 4.30. The van der Waals surface area contributed by atoms with Crippen LogP contribution in [0.4, 0.5) is 0 Å². The van der Waals surface area contributed by atoms with Gasteiger partial charge in [0.25, 0.3) is 0 Å². The Balaban J connectivity index is 2.05. The van der Waals surface area contributed by atoms with Crippen molar-refractivity contribution in [1.29, 1.82) is 5.26 Å². The predicted octanol–water partition coefficient (Wildman–Crippen LogP) is 1.89. The number of hydrogen-bond donors (Lipinski definition) is 2. The minimum Gasteiger partial charge on any atom is -0.490 e. The van der Waals surface area contributed by atoms with Crippen LogP contribution in [0, 0.1) is 18.3 Å². The van der Waals surface area contributed by atoms with Crippen LogP contribution in [0.1, 0.15) is 29.7 Å². The van der Waals surface area contributed by atoms with Gasteiger partial charge < -0.3 is 24.7 Å². The average molecular weight is 384 g/mol. The molecule has 28 heavy (non-hydrogen) atoms. The predicted molar refractivity (Wildman–Crippen MR) is 97.7 cm³/mol. The average Bonchev–Trinajstić information content (AvgIpc) is 3.06. The van der Waals surface area contributed by atoms with Gasteiger partial charge in [0.1, 0.15) is 11.6 Å². The number of aryl methyl sites for hydroxylation is 1. The van der Waals surface area contributed by atoms with Crippen LogP contribution in [0.2, 0.25) is 0 Å². The summed E-state index contributed by atoms with van der Waals surface area (Å²) in [7, 11) is 1.29. The molecule has 9 heteroatoms. The summed E-state index contributed by atoms with van der Waals surface area (Å²) in [6.07, 6.45) is 0. The van der Waals surface area contributed by atoms with E-state index in [2.05, 4.69) is 21.0 Å². The van der Waals surface area contributed by atoms with Crippen LogP contribution in [0.5, 0.6) is 17.4 Å². The fraction of sp³-hybridized carbons (Fsp3) is 0.316. The Morgan fingerprint density at radius 1 is 1.39 bits per heavy atom. The van der Waals surface area contributed by atoms with Crippen LogP contribution in [0.15, 0.2) is 29.7 Å². The van der Waals surface area contributed by atoms with E-state index in [1.54, 1.807) is 18.2 Å². The second-order valence-electron chi connectivity index (χ2n) is 6.00. The number of nitrogens with zero attached hydrogens (tertiary/aromatic N) is 2. The molecule has 0 fully saturated rings. The third kappa shape index (κ3) is 3.44. The van der Waals surface area contributed by atoms with Gasteiger partial charge in [-0.2, -0.15) is 5.26 Å². The van der Waals surface area contributed by atoms with Crippen molar-refractivity contribution in [3.05, 3.63) is 46.5 Å². The molecule has 0 spiro atoms. The number of ether oxygens (including phenoxy) is 4. The van der Waals surface area contributed by atoms with E-state index in [0.717, 1.165) is 16.8 Å². The maximum absolute atomic E-state index is 11.4. The normalized spacial score (nSPS) is 15.3. The van der Waals surface area contributed by atoms with Crippen molar-refractivity contribution in [1.82, 2.24) is 10.2 Å². The summed E-state index contributed by atoms with van der Waals surface area (Å²) in [5.41, 5.74) is 8.47. The van der Waals surface area contributed by atoms with Gasteiger partial charge in [-0.3, -0.25) is 5.10 Å². The maximum Gasteiger partial charge on any atom is 0.343 e. The Bertz CT molecular complexity index is 973. The number of aromatic nitrogens is 2. The van der Waals surface area contributed by atoms with Crippen molar-refractivity contribution in [2.24, 2.45) is 5.73 Å². The fourth-order valence-electron chi connectivity index (χ4n) is 3.02. The van der Waals surface area contributed by atoms with Gasteiger partial charge in [-0.05, 0) is 31.5 Å². The Kier molecular flexibility index (Phi) is 5.40. The number of hydrogen-bond acceptors (Lipinski definition) is 8. The number of carbonyl (C=O) groups is 1. The van der Waals surface area contributed by atoms with Crippen LogP contribution in [-0.2, 0) is 9.53 Å². The number of nitrogens with two attached hydrogens (primary N) is 1. The van der Waals surface area contributed by atoms with Crippen molar-refractivity contribution in [2.45, 2.75) is 19.8 Å². The van der Waals surface area contributed by atoms with E-state index >= 15 is 0 Å². The quantitative estimate of drug-likeness (QED) is 0.722. The molecule has 2 heterocycles. The van der Waals surface area contributed by atoms with E-state index in [-0.39, 0.29) is 18.1 Å². The van der Waals surface area contributed by atoms with Crippen LogP contribution in [0.25, 0.3) is 0 Å². The lowest BCUT2D eigenvalue weighted by Gasteiger charge is -2.24. The van der Waals surface area contributed by atoms with E-state index < -0.39 is 11.9 Å². The van der Waals surface area contributed by atoms with E-state index in [9.17, 15) is 10.1 Å². The molecule has 0 bridgehead atoms. The number of nitriles is 1. The first-order chi connectivity index (χ1) is 13.5. The zero-order chi connectivity index (χ0) is 20.3. The zero-order valence-electron chi connectivity index (χ0n) is 15.7. The number of carbonyl (C=O) groups excluding carboxylic acids is 1. The molecule has 9 nitrogen and oxygen atoms in total. The van der Waals surface area contributed by atoms with E-state index in [4.69, 9.17) is 19.9 Å². The fourth-order valence-corrected chi connectivity index (χ4v) is 3.02. The molecule has 1 aromatic heterocycles. The topological polar surface area (TPSA) is 132 Å². The summed E-state index contributed by atoms with van der Waals surface area (Å²) in [4.78, 5) is 11.4. The van der Waals surface area contributed by atoms with Gasteiger partial charge >= 0.3 is 5.97 Å².